The summed E-state index contributed by atoms with van der Waals surface area (Å²) in [5, 5.41) is 12.4. The first-order valence-electron chi connectivity index (χ1n) is 11.2. The Morgan fingerprint density at radius 2 is 1.67 bits per heavy atom. The summed E-state index contributed by atoms with van der Waals surface area (Å²) in [6.07, 6.45) is 3.51. The van der Waals surface area contributed by atoms with Gasteiger partial charge in [0.25, 0.3) is 0 Å². The highest BCUT2D eigenvalue weighted by Gasteiger charge is 2.30. The average Bonchev–Trinajstić information content (AvgIpc) is 2.83. The van der Waals surface area contributed by atoms with Gasteiger partial charge in [0.1, 0.15) is 11.8 Å². The van der Waals surface area contributed by atoms with Gasteiger partial charge in [0.2, 0.25) is 5.91 Å². The fourth-order valence-electron chi connectivity index (χ4n) is 3.96. The highest BCUT2D eigenvalue weighted by atomic mass is 16.7. The lowest BCUT2D eigenvalue weighted by Crippen LogP contribution is -2.47. The number of phenolic OH excluding ortho intramolecular Hbond substituents is 1. The Morgan fingerprint density at radius 1 is 1.03 bits per heavy atom. The summed E-state index contributed by atoms with van der Waals surface area (Å²) in [5.41, 5.74) is 10.2. The molecule has 1 saturated carbocycles. The summed E-state index contributed by atoms with van der Waals surface area (Å²) in [7, 11) is 0. The Hall–Kier alpha value is -3.39. The monoisotopic (exact) mass is 453 g/mol. The number of hydrogen-bond donors (Lipinski definition) is 4. The van der Waals surface area contributed by atoms with E-state index in [4.69, 9.17) is 10.6 Å². The van der Waals surface area contributed by atoms with Crippen LogP contribution in [-0.4, -0.2) is 35.4 Å². The molecule has 0 spiro atoms. The molecule has 0 aromatic heterocycles. The molecule has 33 heavy (non-hydrogen) atoms. The predicted molar refractivity (Wildman–Crippen MR) is 124 cm³/mol. The van der Waals surface area contributed by atoms with Crippen LogP contribution in [0.25, 0.3) is 0 Å². The number of benzene rings is 2. The summed E-state index contributed by atoms with van der Waals surface area (Å²) in [4.78, 5) is 42.4. The van der Waals surface area contributed by atoms with Crippen molar-refractivity contribution in [1.82, 2.24) is 5.32 Å². The Bertz CT molecular complexity index is 951. The largest absolute Gasteiger partial charge is 0.508 e. The maximum atomic E-state index is 12.9. The molecule has 8 nitrogen and oxygen atoms in total. The number of amides is 1. The molecule has 0 bridgehead atoms. The number of hydrogen-bond acceptors (Lipinski definition) is 7. The van der Waals surface area contributed by atoms with Crippen LogP contribution in [0.2, 0.25) is 0 Å². The molecule has 1 fully saturated rings. The Morgan fingerprint density at radius 3 is 2.24 bits per heavy atom. The van der Waals surface area contributed by atoms with Crippen LogP contribution < -0.4 is 16.5 Å². The van der Waals surface area contributed by atoms with Crippen molar-refractivity contribution in [2.75, 3.05) is 12.0 Å². The van der Waals surface area contributed by atoms with E-state index in [-0.39, 0.29) is 29.8 Å². The number of aromatic hydroxyl groups is 1. The second kappa shape index (κ2) is 11.5. The number of nitrogens with two attached hydrogens (primary N) is 1. The quantitative estimate of drug-likeness (QED) is 0.339. The smallest absolute Gasteiger partial charge is 0.354 e. The minimum absolute atomic E-state index is 0.0595. The van der Waals surface area contributed by atoms with E-state index in [9.17, 15) is 19.5 Å². The van der Waals surface area contributed by atoms with Gasteiger partial charge in [-0.2, -0.15) is 0 Å². The van der Waals surface area contributed by atoms with Crippen LogP contribution in [0.3, 0.4) is 0 Å². The van der Waals surface area contributed by atoms with Gasteiger partial charge in [0.05, 0.1) is 5.69 Å². The summed E-state index contributed by atoms with van der Waals surface area (Å²) in [6, 6.07) is 12.1. The minimum Gasteiger partial charge on any atom is -0.508 e. The molecule has 1 aliphatic carbocycles. The molecule has 0 radical (unpaired) electrons. The van der Waals surface area contributed by atoms with Crippen molar-refractivity contribution in [2.45, 2.75) is 45.1 Å². The number of carbonyl (C=O) groups is 3. The molecule has 1 atom stereocenters. The number of Topliss-reactive ketones (excluding diaryl/α,β-unsaturated/α-hetero) is 1. The summed E-state index contributed by atoms with van der Waals surface area (Å²) in [6.45, 7) is 2.10. The zero-order valence-electron chi connectivity index (χ0n) is 18.8. The SMILES string of the molecule is CC(=O)c1ccc(NOC(=O)[C@H](Cc2ccc(O)cc2)NC(=O)C2CCC(CN)CC2)cc1. The Kier molecular flexibility index (Phi) is 8.43. The Balaban J connectivity index is 1.65. The van der Waals surface area contributed by atoms with Gasteiger partial charge in [-0.1, -0.05) is 12.1 Å². The molecule has 2 aromatic rings. The molecule has 0 aliphatic heterocycles. The van der Waals surface area contributed by atoms with Gasteiger partial charge in [0.15, 0.2) is 5.78 Å². The molecule has 1 aliphatic rings. The van der Waals surface area contributed by atoms with Crippen molar-refractivity contribution in [3.8, 4) is 5.75 Å². The van der Waals surface area contributed by atoms with Gasteiger partial charge in [-0.3, -0.25) is 9.59 Å². The lowest BCUT2D eigenvalue weighted by molar-refractivity contribution is -0.145. The Labute approximate surface area is 193 Å². The molecule has 8 heteroatoms. The lowest BCUT2D eigenvalue weighted by atomic mass is 9.81. The third-order valence-electron chi connectivity index (χ3n) is 6.09. The summed E-state index contributed by atoms with van der Waals surface area (Å²) >= 11 is 0. The van der Waals surface area contributed by atoms with Crippen LogP contribution in [0.4, 0.5) is 5.69 Å². The van der Waals surface area contributed by atoms with Gasteiger partial charge >= 0.3 is 5.97 Å². The fraction of sp³-hybridized carbons (Fsp3) is 0.400. The predicted octanol–water partition coefficient (Wildman–Crippen LogP) is 2.96. The topological polar surface area (TPSA) is 131 Å². The first-order chi connectivity index (χ1) is 15.9. The molecule has 0 unspecified atom stereocenters. The normalized spacial score (nSPS) is 18.7. The third kappa shape index (κ3) is 7.05. The minimum atomic E-state index is -0.904. The second-order valence-electron chi connectivity index (χ2n) is 8.54. The molecule has 3 rings (SSSR count). The maximum absolute atomic E-state index is 12.9. The van der Waals surface area contributed by atoms with Crippen molar-refractivity contribution < 1.29 is 24.3 Å². The number of ketones is 1. The van der Waals surface area contributed by atoms with E-state index >= 15 is 0 Å². The van der Waals surface area contributed by atoms with Gasteiger partial charge in [-0.25, -0.2) is 10.3 Å². The first-order valence-corrected chi connectivity index (χ1v) is 11.2. The van der Waals surface area contributed by atoms with Crippen molar-refractivity contribution in [2.24, 2.45) is 17.6 Å². The van der Waals surface area contributed by atoms with E-state index in [0.29, 0.717) is 23.7 Å². The van der Waals surface area contributed by atoms with Crippen molar-refractivity contribution >= 4 is 23.3 Å². The molecular weight excluding hydrogens is 422 g/mol. The van der Waals surface area contributed by atoms with Crippen LogP contribution in [0, 0.1) is 11.8 Å². The number of carbonyl (C=O) groups excluding carboxylic acids is 3. The number of phenols is 1. The van der Waals surface area contributed by atoms with Gasteiger partial charge < -0.3 is 21.0 Å². The van der Waals surface area contributed by atoms with Crippen LogP contribution in [-0.2, 0) is 20.8 Å². The van der Waals surface area contributed by atoms with Crippen LogP contribution in [0.15, 0.2) is 48.5 Å². The van der Waals surface area contributed by atoms with Crippen molar-refractivity contribution in [3.63, 3.8) is 0 Å². The average molecular weight is 454 g/mol. The van der Waals surface area contributed by atoms with E-state index in [0.717, 1.165) is 31.2 Å². The lowest BCUT2D eigenvalue weighted by Gasteiger charge is -2.28. The van der Waals surface area contributed by atoms with E-state index in [1.54, 1.807) is 36.4 Å². The highest BCUT2D eigenvalue weighted by Crippen LogP contribution is 2.28. The number of rotatable bonds is 9. The maximum Gasteiger partial charge on any atom is 0.354 e. The van der Waals surface area contributed by atoms with Gasteiger partial charge in [0, 0.05) is 17.9 Å². The molecule has 5 N–H and O–H groups in total. The number of nitrogens with one attached hydrogen (secondary N) is 2. The van der Waals surface area contributed by atoms with E-state index in [1.165, 1.54) is 19.1 Å². The van der Waals surface area contributed by atoms with Crippen molar-refractivity contribution in [3.05, 3.63) is 59.7 Å². The summed E-state index contributed by atoms with van der Waals surface area (Å²) < 4.78 is 0. The molecule has 0 saturated heterocycles. The van der Waals surface area contributed by atoms with Crippen LogP contribution in [0.5, 0.6) is 5.75 Å². The molecule has 176 valence electrons. The zero-order chi connectivity index (χ0) is 23.8. The fourth-order valence-corrected chi connectivity index (χ4v) is 3.96. The second-order valence-corrected chi connectivity index (χ2v) is 8.54. The first kappa shape index (κ1) is 24.3. The van der Waals surface area contributed by atoms with E-state index < -0.39 is 12.0 Å². The summed E-state index contributed by atoms with van der Waals surface area (Å²) in [5.74, 6) is -0.454. The van der Waals surface area contributed by atoms with E-state index in [2.05, 4.69) is 10.8 Å². The molecule has 0 heterocycles. The standard InChI is InChI=1S/C25H31N3O5/c1-16(29)19-8-10-21(11-9-19)28-33-25(32)23(14-17-4-12-22(30)13-5-17)27-24(31)20-6-2-18(15-26)3-7-20/h4-5,8-13,18,20,23,28,30H,2-3,6-7,14-15,26H2,1H3,(H,27,31)/t18?,20?,23-/m0/s1. The molecule has 2 aromatic carbocycles. The van der Waals surface area contributed by atoms with Gasteiger partial charge in [-0.15, -0.1) is 0 Å². The van der Waals surface area contributed by atoms with Crippen LogP contribution in [0.1, 0.15) is 48.5 Å². The molecular formula is C25H31N3O5. The number of anilines is 1. The van der Waals surface area contributed by atoms with Crippen LogP contribution >= 0.6 is 0 Å². The molecule has 1 amide bonds. The van der Waals surface area contributed by atoms with E-state index in [1.807, 2.05) is 0 Å². The zero-order valence-corrected chi connectivity index (χ0v) is 18.8. The highest BCUT2D eigenvalue weighted by molar-refractivity contribution is 5.94. The van der Waals surface area contributed by atoms with Gasteiger partial charge in [-0.05, 0) is 87.0 Å². The third-order valence-corrected chi connectivity index (χ3v) is 6.09. The van der Waals surface area contributed by atoms with Crippen molar-refractivity contribution in [1.29, 1.82) is 0 Å².